The van der Waals surface area contributed by atoms with Crippen molar-refractivity contribution in [2.75, 3.05) is 11.1 Å². The van der Waals surface area contributed by atoms with Gasteiger partial charge in [-0.1, -0.05) is 0 Å². The lowest BCUT2D eigenvalue weighted by Crippen LogP contribution is -2.15. The van der Waals surface area contributed by atoms with E-state index in [-0.39, 0.29) is 12.3 Å². The fourth-order valence-corrected chi connectivity index (χ4v) is 3.14. The van der Waals surface area contributed by atoms with Crippen molar-refractivity contribution in [3.63, 3.8) is 0 Å². The fraction of sp³-hybridized carbons (Fsp3) is 0.167. The molecule has 0 unspecified atom stereocenters. The predicted molar refractivity (Wildman–Crippen MR) is 96.3 cm³/mol. The molecule has 1 aliphatic rings. The molecule has 1 fully saturated rings. The number of alkyl halides is 1. The van der Waals surface area contributed by atoms with Crippen LogP contribution < -0.4 is 11.1 Å². The van der Waals surface area contributed by atoms with E-state index in [9.17, 15) is 9.18 Å². The number of nitrogens with two attached hydrogens (primary N) is 1. The van der Waals surface area contributed by atoms with E-state index >= 15 is 0 Å². The summed E-state index contributed by atoms with van der Waals surface area (Å²) in [6.07, 6.45) is 4.58. The normalized spacial score (nSPS) is 19.1. The minimum atomic E-state index is -1.03. The van der Waals surface area contributed by atoms with Gasteiger partial charge < -0.3 is 16.0 Å². The van der Waals surface area contributed by atoms with Crippen molar-refractivity contribution in [1.82, 2.24) is 19.6 Å². The van der Waals surface area contributed by atoms with Gasteiger partial charge in [0.25, 0.3) is 0 Å². The molecule has 8 heteroatoms. The van der Waals surface area contributed by atoms with Crippen molar-refractivity contribution in [2.24, 2.45) is 5.92 Å². The summed E-state index contributed by atoms with van der Waals surface area (Å²) in [4.78, 5) is 19.3. The van der Waals surface area contributed by atoms with Gasteiger partial charge in [-0.3, -0.25) is 4.79 Å². The van der Waals surface area contributed by atoms with Crippen molar-refractivity contribution in [3.8, 4) is 11.1 Å². The molecule has 7 nitrogen and oxygen atoms in total. The van der Waals surface area contributed by atoms with Gasteiger partial charge >= 0.3 is 0 Å². The Labute approximate surface area is 147 Å². The molecule has 1 saturated carbocycles. The number of nitrogens with one attached hydrogen (secondary N) is 2. The maximum Gasteiger partial charge on any atom is 0.231 e. The van der Waals surface area contributed by atoms with Gasteiger partial charge in [0.2, 0.25) is 5.91 Å². The summed E-state index contributed by atoms with van der Waals surface area (Å²) in [7, 11) is 0. The Morgan fingerprint density at radius 1 is 1.38 bits per heavy atom. The molecule has 1 amide bonds. The molecule has 0 aromatic carbocycles. The van der Waals surface area contributed by atoms with Crippen LogP contribution in [0.25, 0.3) is 27.7 Å². The molecular weight excluding hydrogens is 335 g/mol. The van der Waals surface area contributed by atoms with Crippen LogP contribution in [0.1, 0.15) is 6.42 Å². The summed E-state index contributed by atoms with van der Waals surface area (Å²) in [5, 5.41) is 7.83. The third kappa shape index (κ3) is 2.30. The summed E-state index contributed by atoms with van der Waals surface area (Å²) < 4.78 is 14.6. The molecule has 5 rings (SSSR count). The first-order valence-corrected chi connectivity index (χ1v) is 8.26. The predicted octanol–water partition coefficient (Wildman–Crippen LogP) is 2.76. The summed E-state index contributed by atoms with van der Waals surface area (Å²) in [5.74, 6) is -0.472. The Bertz CT molecular complexity index is 1160. The molecular formula is C18H15FN6O. The average molecular weight is 350 g/mol. The van der Waals surface area contributed by atoms with Crippen LogP contribution in [0.4, 0.5) is 15.9 Å². The molecule has 1 aliphatic carbocycles. The fourth-order valence-electron chi connectivity index (χ4n) is 3.14. The van der Waals surface area contributed by atoms with Crippen molar-refractivity contribution >= 4 is 34.0 Å². The number of carbonyl (C=O) groups excluding carboxylic acids is 1. The summed E-state index contributed by atoms with van der Waals surface area (Å²) in [6, 6.07) is 7.44. The average Bonchev–Trinajstić information content (AvgIpc) is 3.03. The van der Waals surface area contributed by atoms with Crippen LogP contribution in [0.15, 0.2) is 42.9 Å². The van der Waals surface area contributed by atoms with Crippen LogP contribution in [0.3, 0.4) is 0 Å². The summed E-state index contributed by atoms with van der Waals surface area (Å²) >= 11 is 0. The number of nitrogens with zero attached hydrogens (tertiary/aromatic N) is 3. The topological polar surface area (TPSA) is 101 Å². The third-order valence-corrected chi connectivity index (χ3v) is 4.70. The number of fused-ring (bicyclic) bond motifs is 2. The minimum Gasteiger partial charge on any atom is -0.398 e. The highest BCUT2D eigenvalue weighted by Crippen LogP contribution is 2.35. The number of hydrogen-bond acceptors (Lipinski definition) is 4. The number of nitrogen functional groups attached to an aromatic ring is 1. The van der Waals surface area contributed by atoms with E-state index in [4.69, 9.17) is 5.73 Å². The van der Waals surface area contributed by atoms with E-state index in [2.05, 4.69) is 20.4 Å². The smallest absolute Gasteiger partial charge is 0.231 e. The molecule has 0 radical (unpaired) electrons. The Balaban J connectivity index is 1.50. The van der Waals surface area contributed by atoms with Gasteiger partial charge in [-0.15, -0.1) is 0 Å². The molecule has 4 aromatic heterocycles. The second-order valence-corrected chi connectivity index (χ2v) is 6.49. The van der Waals surface area contributed by atoms with E-state index in [0.717, 1.165) is 27.7 Å². The molecule has 4 aromatic rings. The van der Waals surface area contributed by atoms with Gasteiger partial charge in [0, 0.05) is 35.6 Å². The Morgan fingerprint density at radius 2 is 2.23 bits per heavy atom. The van der Waals surface area contributed by atoms with Gasteiger partial charge in [-0.2, -0.15) is 5.10 Å². The van der Waals surface area contributed by atoms with Crippen LogP contribution in [0.2, 0.25) is 0 Å². The van der Waals surface area contributed by atoms with E-state index in [1.807, 2.05) is 18.2 Å². The van der Waals surface area contributed by atoms with E-state index in [1.165, 1.54) is 0 Å². The van der Waals surface area contributed by atoms with E-state index in [0.29, 0.717) is 11.5 Å². The van der Waals surface area contributed by atoms with Crippen molar-refractivity contribution < 1.29 is 9.18 Å². The number of pyridine rings is 2. The highest BCUT2D eigenvalue weighted by Gasteiger charge is 2.43. The lowest BCUT2D eigenvalue weighted by molar-refractivity contribution is -0.117. The lowest BCUT2D eigenvalue weighted by Gasteiger charge is -2.07. The van der Waals surface area contributed by atoms with Gasteiger partial charge in [0.15, 0.2) is 5.82 Å². The maximum atomic E-state index is 13.0. The third-order valence-electron chi connectivity index (χ3n) is 4.70. The largest absolute Gasteiger partial charge is 0.398 e. The van der Waals surface area contributed by atoms with Gasteiger partial charge in [-0.25, -0.2) is 13.9 Å². The quantitative estimate of drug-likeness (QED) is 0.529. The highest BCUT2D eigenvalue weighted by atomic mass is 19.1. The lowest BCUT2D eigenvalue weighted by atomic mass is 10.1. The number of rotatable bonds is 3. The molecule has 4 N–H and O–H groups in total. The van der Waals surface area contributed by atoms with Crippen LogP contribution in [0.5, 0.6) is 0 Å². The Morgan fingerprint density at radius 3 is 3.04 bits per heavy atom. The maximum absolute atomic E-state index is 13.0. The minimum absolute atomic E-state index is 0.289. The van der Waals surface area contributed by atoms with Crippen LogP contribution >= 0.6 is 0 Å². The Kier molecular flexibility index (Phi) is 3.03. The van der Waals surface area contributed by atoms with Crippen molar-refractivity contribution in [1.29, 1.82) is 0 Å². The number of hydrogen-bond donors (Lipinski definition) is 3. The molecule has 4 heterocycles. The molecule has 0 bridgehead atoms. The zero-order valence-corrected chi connectivity index (χ0v) is 13.6. The zero-order chi connectivity index (χ0) is 17.8. The van der Waals surface area contributed by atoms with Gasteiger partial charge in [0.1, 0.15) is 11.8 Å². The number of anilines is 2. The monoisotopic (exact) mass is 350 g/mol. The molecule has 26 heavy (non-hydrogen) atoms. The van der Waals surface area contributed by atoms with Crippen molar-refractivity contribution in [3.05, 3.63) is 42.9 Å². The number of amides is 1. The van der Waals surface area contributed by atoms with Crippen LogP contribution in [0, 0.1) is 5.92 Å². The van der Waals surface area contributed by atoms with Crippen LogP contribution in [-0.4, -0.2) is 31.7 Å². The van der Waals surface area contributed by atoms with Crippen molar-refractivity contribution in [2.45, 2.75) is 12.6 Å². The molecule has 0 saturated heterocycles. The summed E-state index contributed by atoms with van der Waals surface area (Å²) in [6.45, 7) is 0. The first kappa shape index (κ1) is 14.9. The molecule has 0 spiro atoms. The second-order valence-electron chi connectivity index (χ2n) is 6.49. The second kappa shape index (κ2) is 5.29. The number of halogens is 1. The highest BCUT2D eigenvalue weighted by molar-refractivity contribution is 5.97. The Hall–Kier alpha value is -3.42. The SMILES string of the molecule is Nc1c(-c2ccn3nc(NC(=O)[C@@H]4C[C@@H]4F)cc3c2)cnc2[nH]ccc12. The molecule has 130 valence electrons. The van der Waals surface area contributed by atoms with E-state index in [1.54, 1.807) is 29.2 Å². The standard InChI is InChI=1S/C18H15FN6O/c19-14-7-12(14)18(26)23-15-6-10-5-9(2-4-25(10)24-15)13-8-22-17-11(16(13)20)1-3-21-17/h1-6,8,12,14H,7H2,(H3,20,21,22)(H,23,24,26)/t12-,14+/m1/s1. The number of carbonyl (C=O) groups is 1. The summed E-state index contributed by atoms with van der Waals surface area (Å²) in [5.41, 5.74) is 10.2. The van der Waals surface area contributed by atoms with Gasteiger partial charge in [0.05, 0.1) is 17.1 Å². The number of aromatic nitrogens is 4. The number of H-pyrrole nitrogens is 1. The first-order chi connectivity index (χ1) is 12.6. The van der Waals surface area contributed by atoms with Gasteiger partial charge in [-0.05, 0) is 30.2 Å². The molecule has 0 aliphatic heterocycles. The van der Waals surface area contributed by atoms with E-state index < -0.39 is 12.1 Å². The van der Waals surface area contributed by atoms with Crippen LogP contribution in [-0.2, 0) is 4.79 Å². The molecule has 2 atom stereocenters. The first-order valence-electron chi connectivity index (χ1n) is 8.26. The number of aromatic amines is 1. The zero-order valence-electron chi connectivity index (χ0n) is 13.6.